The Bertz CT molecular complexity index is 4110. The largest absolute Gasteiger partial charge is 0.511 e. The highest BCUT2D eigenvalue weighted by molar-refractivity contribution is 6.26. The molecule has 4 saturated heterocycles. The van der Waals surface area contributed by atoms with Crippen molar-refractivity contribution in [3.63, 3.8) is 0 Å². The molecule has 518 valence electrons. The van der Waals surface area contributed by atoms with Gasteiger partial charge in [-0.05, 0) is 105 Å². The van der Waals surface area contributed by atoms with Crippen LogP contribution in [0.5, 0.6) is 23.0 Å². The lowest BCUT2D eigenvalue weighted by molar-refractivity contribution is -0.350. The van der Waals surface area contributed by atoms with Gasteiger partial charge in [-0.1, -0.05) is 13.8 Å². The van der Waals surface area contributed by atoms with Gasteiger partial charge in [0, 0.05) is 67.6 Å². The second kappa shape index (κ2) is 25.5. The Hall–Kier alpha value is -6.77. The van der Waals surface area contributed by atoms with Crippen molar-refractivity contribution in [2.24, 2.45) is 11.8 Å². The summed E-state index contributed by atoms with van der Waals surface area (Å²) in [6.45, 7) is 9.66. The van der Waals surface area contributed by atoms with E-state index in [1.165, 1.54) is 27.2 Å². The lowest BCUT2D eigenvalue weighted by Crippen LogP contribution is -2.68. The number of carbonyl (C=O) groups excluding carboxylic acids is 3. The number of phenolic OH excluding ortho intramolecular Hbond substituents is 4. The highest BCUT2D eigenvalue weighted by atomic mass is 16.7. The molecule has 0 radical (unpaired) electrons. The maximum absolute atomic E-state index is 17.8. The third-order valence-electron chi connectivity index (χ3n) is 21.4. The van der Waals surface area contributed by atoms with Gasteiger partial charge in [0.05, 0.1) is 100 Å². The minimum Gasteiger partial charge on any atom is -0.511 e. The number of likely N-dealkylation sites (N-methyl/N-ethyl adjacent to an activating group) is 2. The fourth-order valence-electron chi connectivity index (χ4n) is 17.1. The molecule has 0 amide bonds. The predicted octanol–water partition coefficient (Wildman–Crippen LogP) is 2.93. The Morgan fingerprint density at radius 1 is 0.562 bits per heavy atom. The highest BCUT2D eigenvalue weighted by Crippen LogP contribution is 2.65. The first-order chi connectivity index (χ1) is 45.5. The number of benzene rings is 3. The van der Waals surface area contributed by atoms with E-state index in [1.54, 1.807) is 72.6 Å². The number of aromatic hydroxyl groups is 4. The van der Waals surface area contributed by atoms with Crippen LogP contribution in [-0.4, -0.2) is 236 Å². The molecule has 4 aliphatic heterocycles. The number of allylic oxidation sites excluding steroid dienone is 2. The Balaban J connectivity index is 1.24. The third-order valence-corrected chi connectivity index (χ3v) is 21.4. The Morgan fingerprint density at radius 3 is 1.46 bits per heavy atom. The third kappa shape index (κ3) is 10.4. The molecular formula is C68H82N4O24. The molecule has 0 saturated carbocycles. The summed E-state index contributed by atoms with van der Waals surface area (Å²) < 4.78 is 67.9. The molecule has 0 aromatic heterocycles. The smallest absolute Gasteiger partial charge is 0.333 e. The van der Waals surface area contributed by atoms with Gasteiger partial charge < -0.3 is 109 Å². The molecule has 4 fully saturated rings. The van der Waals surface area contributed by atoms with Gasteiger partial charge in [0.2, 0.25) is 0 Å². The van der Waals surface area contributed by atoms with E-state index < -0.39 is 257 Å². The highest BCUT2D eigenvalue weighted by Gasteiger charge is 2.71. The summed E-state index contributed by atoms with van der Waals surface area (Å²) in [5, 5.41) is 109. The van der Waals surface area contributed by atoms with E-state index in [0.29, 0.717) is 0 Å². The molecule has 28 heteroatoms. The first kappa shape index (κ1) is 69.1. The van der Waals surface area contributed by atoms with Gasteiger partial charge in [-0.3, -0.25) is 24.0 Å². The van der Waals surface area contributed by atoms with Crippen LogP contribution in [0.1, 0.15) is 134 Å². The van der Waals surface area contributed by atoms with Crippen molar-refractivity contribution < 1.29 is 113 Å². The van der Waals surface area contributed by atoms with Gasteiger partial charge in [-0.25, -0.2) is 0 Å². The molecule has 1 unspecified atom stereocenters. The summed E-state index contributed by atoms with van der Waals surface area (Å²) in [7, 11) is 9.67. The van der Waals surface area contributed by atoms with E-state index >= 15 is 4.79 Å². The molecule has 4 aromatic carbocycles. The Morgan fingerprint density at radius 2 is 1.01 bits per heavy atom. The van der Waals surface area contributed by atoms with E-state index in [-0.39, 0.29) is 43.2 Å². The molecule has 8 aliphatic rings. The van der Waals surface area contributed by atoms with E-state index in [4.69, 9.17) is 47.4 Å². The Kier molecular flexibility index (Phi) is 18.4. The summed E-state index contributed by atoms with van der Waals surface area (Å²) in [5.41, 5.74) is 1.13. The summed E-state index contributed by atoms with van der Waals surface area (Å²) in [6.07, 6.45) is -19.5. The van der Waals surface area contributed by atoms with Crippen molar-refractivity contribution in [3.8, 4) is 23.0 Å². The number of hydrogen-bond acceptors (Lipinski definition) is 26. The summed E-state index contributed by atoms with van der Waals surface area (Å²) in [4.78, 5) is 81.0. The van der Waals surface area contributed by atoms with Crippen LogP contribution in [0.25, 0.3) is 38.7 Å². The van der Waals surface area contributed by atoms with Gasteiger partial charge >= 0.3 is 5.36 Å². The lowest BCUT2D eigenvalue weighted by atomic mass is 9.55. The van der Waals surface area contributed by atoms with Crippen LogP contribution in [0.2, 0.25) is 0 Å². The number of ether oxygens (including phenoxy) is 10. The summed E-state index contributed by atoms with van der Waals surface area (Å²) in [5.74, 6) is -11.9. The standard InChI is InChI=1S/C68H82N4O24/c1-13-67(95-40-22-36(87-11)57(79)26(5)91-40)52(63(85)43-29(65(67)93-38-20-34(77)55(71(7)8)24(3)89-38)19-28-42(43)60(82)45-31(74)16-15-30(73)44(45)59(28)81)53-64(86)49-48-50(62(84)47-33(76)18-17-32(75)46(47)61(48)83)54(70-69)51(49)66(94-39-21-35(78)56(72(9)10)25(4)90-39)68(53,14-2)96-41-23-37(88-12)58(80)27(6)92-41/h15-19,24-27,34-41,52-53,55-58,65-66,77-85H,13-14,20-23H2,1-12H3/t24-,25-,26+,27-,34-,35-,36+,37-,38+,39+,40+,41-,52+,53+,55-,56?,57+,58-,65-,66-,67+,68+/m1/s1. The van der Waals surface area contributed by atoms with E-state index in [1.807, 2.05) is 0 Å². The number of carbonyl (C=O) groups is 3. The quantitative estimate of drug-likeness (QED) is 0.0469. The number of methoxy groups -OCH3 is 2. The second-order valence-corrected chi connectivity index (χ2v) is 27.0. The molecule has 4 aromatic rings. The van der Waals surface area contributed by atoms with Crippen LogP contribution in [-0.2, 0) is 47.4 Å². The zero-order valence-corrected chi connectivity index (χ0v) is 55.1. The van der Waals surface area contributed by atoms with Crippen LogP contribution >= 0.6 is 0 Å². The maximum Gasteiger partial charge on any atom is 0.333 e. The van der Waals surface area contributed by atoms with Crippen LogP contribution in [0, 0.1) is 11.8 Å². The van der Waals surface area contributed by atoms with E-state index in [2.05, 4.69) is 4.79 Å². The van der Waals surface area contributed by atoms with Crippen LogP contribution < -0.4 is 16.2 Å². The van der Waals surface area contributed by atoms with Crippen molar-refractivity contribution in [1.82, 2.24) is 9.80 Å². The van der Waals surface area contributed by atoms with E-state index in [9.17, 15) is 70.7 Å². The number of Topliss-reactive ketones (excluding diaryl/α,β-unsaturated/α-hetero) is 1. The first-order valence-corrected chi connectivity index (χ1v) is 32.3. The lowest BCUT2D eigenvalue weighted by Gasteiger charge is -2.59. The Labute approximate surface area is 550 Å². The molecular weight excluding hydrogens is 1260 g/mol. The zero-order valence-electron chi connectivity index (χ0n) is 55.1. The average molecular weight is 1340 g/mol. The topological polar surface area (TPSA) is 403 Å². The predicted molar refractivity (Wildman–Crippen MR) is 336 cm³/mol. The molecule has 28 nitrogen and oxygen atoms in total. The fourth-order valence-corrected chi connectivity index (χ4v) is 17.1. The maximum atomic E-state index is 17.8. The van der Waals surface area contributed by atoms with Gasteiger partial charge in [-0.15, -0.1) is 0 Å². The molecule has 22 atom stereocenters. The number of hydrogen-bond donors (Lipinski definition) is 9. The average Bonchev–Trinajstić information content (AvgIpc) is 1.44. The number of fused-ring (bicyclic) bond motifs is 8. The summed E-state index contributed by atoms with van der Waals surface area (Å²) >= 11 is 0. The monoisotopic (exact) mass is 1340 g/mol. The number of nitrogens with zero attached hydrogens (tertiary/aromatic N) is 4. The molecule has 12 rings (SSSR count). The number of ketones is 3. The molecule has 96 heavy (non-hydrogen) atoms. The first-order valence-electron chi connectivity index (χ1n) is 32.3. The number of phenols is 4. The second-order valence-electron chi connectivity index (χ2n) is 27.0. The molecule has 9 N–H and O–H groups in total. The van der Waals surface area contributed by atoms with Gasteiger partial charge in [0.1, 0.15) is 69.8 Å². The molecule has 0 bridgehead atoms. The number of aliphatic hydroxyl groups is 5. The van der Waals surface area contributed by atoms with Gasteiger partial charge in [0.25, 0.3) is 0 Å². The van der Waals surface area contributed by atoms with Crippen molar-refractivity contribution in [2.75, 3.05) is 42.4 Å². The van der Waals surface area contributed by atoms with Crippen molar-refractivity contribution >= 4 is 50.5 Å². The van der Waals surface area contributed by atoms with Crippen LogP contribution in [0.4, 0.5) is 0 Å². The minimum atomic E-state index is -2.55. The van der Waals surface area contributed by atoms with Crippen molar-refractivity contribution in [3.05, 3.63) is 100 Å². The number of rotatable bonds is 15. The molecule has 4 heterocycles. The van der Waals surface area contributed by atoms with E-state index in [0.717, 1.165) is 24.3 Å². The fraction of sp³-hybridized carbons (Fsp3) is 0.588. The SMILES string of the molecule is CC[C@@]1(O[C@H]2C[C@H](OC)[C@@H](O)[C@H](C)O2)[C@H](O[C@H]2C[C@@H](O)[C@H](N(C)C)[C@@H](C)O2)C2=Cc3c(O)c4c(c(O)c3C2=C(O)[C@@H]1[C@H]1C(=O)c2c(c(=[N+]=[N-])c3c(O)c5c(=O)ccc(=O)c5c(O)c23)[C@@H](O[C@H]2C[C@@H](O)C(N(C)C)[C@@H](C)O2)[C@@]1(CC)O[C@@H]1C[C@@H](OC)[C@H](O)[C@@H](C)O1)C(=O)C=CC4=O. The molecule has 0 spiro atoms. The van der Waals surface area contributed by atoms with Crippen LogP contribution in [0.3, 0.4) is 0 Å². The number of aliphatic hydroxyl groups excluding tert-OH is 5. The normalized spacial score (nSPS) is 36.9. The van der Waals surface area contributed by atoms with Crippen molar-refractivity contribution in [2.45, 2.75) is 202 Å². The van der Waals surface area contributed by atoms with Gasteiger partial charge in [-0.2, -0.15) is 4.79 Å². The zero-order chi connectivity index (χ0) is 69.5. The van der Waals surface area contributed by atoms with Gasteiger partial charge in [0.15, 0.2) is 53.4 Å². The summed E-state index contributed by atoms with van der Waals surface area (Å²) in [6, 6.07) is 0.465. The molecule has 4 aliphatic carbocycles. The minimum absolute atomic E-state index is 0.116. The van der Waals surface area contributed by atoms with Crippen molar-refractivity contribution in [1.29, 1.82) is 0 Å². The van der Waals surface area contributed by atoms with Crippen LogP contribution in [0.15, 0.2) is 45.2 Å².